The maximum Gasteiger partial charge on any atom is 0.250 e. The Bertz CT molecular complexity index is 413. The molecule has 0 aliphatic carbocycles. The molecule has 1 amide bonds. The molecule has 1 aromatic carbocycles. The number of carbonyl (C=O) groups is 1. The Morgan fingerprint density at radius 1 is 1.47 bits per heavy atom. The summed E-state index contributed by atoms with van der Waals surface area (Å²) in [4.78, 5) is 11.4. The number of aromatic hydroxyl groups is 1. The highest BCUT2D eigenvalue weighted by Gasteiger charge is 2.13. The van der Waals surface area contributed by atoms with E-state index in [9.17, 15) is 9.18 Å². The number of nitrogens with one attached hydrogen (secondary N) is 1. The smallest absolute Gasteiger partial charge is 0.250 e. The summed E-state index contributed by atoms with van der Waals surface area (Å²) in [5.41, 5.74) is -0.125. The van der Waals surface area contributed by atoms with Crippen LogP contribution in [-0.4, -0.2) is 23.2 Å². The van der Waals surface area contributed by atoms with E-state index in [1.807, 2.05) is 20.8 Å². The van der Waals surface area contributed by atoms with E-state index in [-0.39, 0.29) is 18.2 Å². The molecule has 2 N–H and O–H groups in total. The van der Waals surface area contributed by atoms with Gasteiger partial charge in [0.25, 0.3) is 0 Å². The number of phenols is 1. The Labute approximate surface area is 99.4 Å². The van der Waals surface area contributed by atoms with Crippen molar-refractivity contribution in [3.63, 3.8) is 0 Å². The minimum absolute atomic E-state index is 0.105. The van der Waals surface area contributed by atoms with Crippen LogP contribution in [0.4, 0.5) is 10.1 Å². The average Bonchev–Trinajstić information content (AvgIpc) is 2.20. The molecular weight excluding hydrogens is 225 g/mol. The topological polar surface area (TPSA) is 58.6 Å². The normalized spacial score (nSPS) is 11.3. The van der Waals surface area contributed by atoms with Crippen LogP contribution in [-0.2, 0) is 9.53 Å². The number of benzene rings is 1. The highest BCUT2D eigenvalue weighted by molar-refractivity contribution is 5.91. The van der Waals surface area contributed by atoms with Gasteiger partial charge in [-0.3, -0.25) is 4.79 Å². The van der Waals surface area contributed by atoms with E-state index in [2.05, 4.69) is 5.32 Å². The van der Waals surface area contributed by atoms with Crippen molar-refractivity contribution in [2.75, 3.05) is 11.9 Å². The first-order valence-electron chi connectivity index (χ1n) is 5.20. The van der Waals surface area contributed by atoms with Crippen molar-refractivity contribution in [2.45, 2.75) is 26.4 Å². The zero-order valence-electron chi connectivity index (χ0n) is 10.1. The zero-order chi connectivity index (χ0) is 13.1. The van der Waals surface area contributed by atoms with E-state index in [4.69, 9.17) is 9.84 Å². The van der Waals surface area contributed by atoms with Crippen molar-refractivity contribution in [3.8, 4) is 5.75 Å². The van der Waals surface area contributed by atoms with E-state index < -0.39 is 17.2 Å². The van der Waals surface area contributed by atoms with E-state index >= 15 is 0 Å². The van der Waals surface area contributed by atoms with Crippen LogP contribution in [0.3, 0.4) is 0 Å². The predicted octanol–water partition coefficient (Wildman–Crippen LogP) is 2.28. The molecule has 0 aliphatic rings. The molecule has 5 heteroatoms. The number of ether oxygens (including phenoxy) is 1. The fraction of sp³-hybridized carbons (Fsp3) is 0.417. The van der Waals surface area contributed by atoms with Gasteiger partial charge in [-0.1, -0.05) is 0 Å². The van der Waals surface area contributed by atoms with Gasteiger partial charge in [-0.05, 0) is 32.9 Å². The van der Waals surface area contributed by atoms with Crippen LogP contribution in [0.1, 0.15) is 20.8 Å². The third-order valence-electron chi connectivity index (χ3n) is 1.87. The molecule has 0 aromatic heterocycles. The Balaban J connectivity index is 2.54. The van der Waals surface area contributed by atoms with Gasteiger partial charge in [0.05, 0.1) is 5.60 Å². The molecular formula is C12H16FNO3. The summed E-state index contributed by atoms with van der Waals surface area (Å²) in [6.45, 7) is 5.40. The summed E-state index contributed by atoms with van der Waals surface area (Å²) in [6, 6.07) is 3.63. The Kier molecular flexibility index (Phi) is 4.07. The van der Waals surface area contributed by atoms with Gasteiger partial charge in [0.15, 0.2) is 11.6 Å². The van der Waals surface area contributed by atoms with Crippen molar-refractivity contribution < 1.29 is 19.0 Å². The zero-order valence-corrected chi connectivity index (χ0v) is 10.1. The lowest BCUT2D eigenvalue weighted by Crippen LogP contribution is -2.27. The lowest BCUT2D eigenvalue weighted by atomic mass is 10.2. The van der Waals surface area contributed by atoms with Gasteiger partial charge in [0.1, 0.15) is 6.61 Å². The van der Waals surface area contributed by atoms with Gasteiger partial charge < -0.3 is 15.2 Å². The molecule has 4 nitrogen and oxygen atoms in total. The molecule has 0 spiro atoms. The lowest BCUT2D eigenvalue weighted by Gasteiger charge is -2.19. The second kappa shape index (κ2) is 5.14. The molecule has 0 aliphatic heterocycles. The third-order valence-corrected chi connectivity index (χ3v) is 1.87. The molecule has 0 fully saturated rings. The molecule has 94 valence electrons. The highest BCUT2D eigenvalue weighted by atomic mass is 19.1. The molecule has 0 bridgehead atoms. The number of hydrogen-bond acceptors (Lipinski definition) is 3. The first-order chi connectivity index (χ1) is 7.78. The summed E-state index contributed by atoms with van der Waals surface area (Å²) < 4.78 is 18.2. The minimum Gasteiger partial charge on any atom is -0.505 e. The van der Waals surface area contributed by atoms with Gasteiger partial charge in [-0.2, -0.15) is 0 Å². The second-order valence-corrected chi connectivity index (χ2v) is 4.62. The number of carbonyl (C=O) groups excluding carboxylic acids is 1. The summed E-state index contributed by atoms with van der Waals surface area (Å²) >= 11 is 0. The van der Waals surface area contributed by atoms with Gasteiger partial charge >= 0.3 is 0 Å². The van der Waals surface area contributed by atoms with Crippen LogP contribution in [0.5, 0.6) is 5.75 Å². The first-order valence-corrected chi connectivity index (χ1v) is 5.20. The van der Waals surface area contributed by atoms with Crippen LogP contribution in [0.25, 0.3) is 0 Å². The standard InChI is InChI=1S/C12H16FNO3/c1-12(2,3)17-7-11(16)14-8-4-5-10(15)9(13)6-8/h4-6,15H,7H2,1-3H3,(H,14,16). The van der Waals surface area contributed by atoms with Gasteiger partial charge in [0.2, 0.25) is 5.91 Å². The van der Waals surface area contributed by atoms with Crippen LogP contribution in [0, 0.1) is 5.82 Å². The van der Waals surface area contributed by atoms with Crippen LogP contribution < -0.4 is 5.32 Å². The van der Waals surface area contributed by atoms with E-state index in [1.165, 1.54) is 12.1 Å². The maximum atomic E-state index is 13.0. The summed E-state index contributed by atoms with van der Waals surface area (Å²) in [6.07, 6.45) is 0. The quantitative estimate of drug-likeness (QED) is 0.798. The minimum atomic E-state index is -0.778. The molecule has 0 saturated heterocycles. The summed E-state index contributed by atoms with van der Waals surface area (Å²) in [5, 5.41) is 11.4. The van der Waals surface area contributed by atoms with E-state index in [0.29, 0.717) is 0 Å². The third kappa shape index (κ3) is 4.82. The number of phenolic OH excluding ortho intramolecular Hbond substituents is 1. The second-order valence-electron chi connectivity index (χ2n) is 4.62. The Hall–Kier alpha value is -1.62. The molecule has 0 atom stereocenters. The maximum absolute atomic E-state index is 13.0. The lowest BCUT2D eigenvalue weighted by molar-refractivity contribution is -0.125. The number of amides is 1. The monoisotopic (exact) mass is 241 g/mol. The number of hydrogen-bond donors (Lipinski definition) is 2. The van der Waals surface area contributed by atoms with Gasteiger partial charge in [-0.25, -0.2) is 4.39 Å². The van der Waals surface area contributed by atoms with E-state index in [0.717, 1.165) is 6.07 Å². The first kappa shape index (κ1) is 13.4. The predicted molar refractivity (Wildman–Crippen MR) is 62.4 cm³/mol. The summed E-state index contributed by atoms with van der Waals surface area (Å²) in [5.74, 6) is -1.60. The molecule has 0 saturated carbocycles. The van der Waals surface area contributed by atoms with Crippen molar-refractivity contribution >= 4 is 11.6 Å². The molecule has 0 unspecified atom stereocenters. The van der Waals surface area contributed by atoms with Gasteiger partial charge in [0, 0.05) is 11.8 Å². The number of anilines is 1. The summed E-state index contributed by atoms with van der Waals surface area (Å²) in [7, 11) is 0. The Morgan fingerprint density at radius 2 is 2.12 bits per heavy atom. The molecule has 1 rings (SSSR count). The molecule has 0 heterocycles. The van der Waals surface area contributed by atoms with Crippen molar-refractivity contribution in [2.24, 2.45) is 0 Å². The van der Waals surface area contributed by atoms with Crippen molar-refractivity contribution in [1.82, 2.24) is 0 Å². The largest absolute Gasteiger partial charge is 0.505 e. The Morgan fingerprint density at radius 3 is 2.65 bits per heavy atom. The van der Waals surface area contributed by atoms with Crippen molar-refractivity contribution in [1.29, 1.82) is 0 Å². The molecule has 0 radical (unpaired) electrons. The van der Waals surface area contributed by atoms with Crippen LogP contribution in [0.2, 0.25) is 0 Å². The SMILES string of the molecule is CC(C)(C)OCC(=O)Nc1ccc(O)c(F)c1. The molecule has 17 heavy (non-hydrogen) atoms. The van der Waals surface area contributed by atoms with Crippen LogP contribution >= 0.6 is 0 Å². The molecule has 1 aromatic rings. The average molecular weight is 241 g/mol. The van der Waals surface area contributed by atoms with E-state index in [1.54, 1.807) is 0 Å². The van der Waals surface area contributed by atoms with Crippen LogP contribution in [0.15, 0.2) is 18.2 Å². The number of halogens is 1. The van der Waals surface area contributed by atoms with Crippen molar-refractivity contribution in [3.05, 3.63) is 24.0 Å². The number of rotatable bonds is 3. The fourth-order valence-corrected chi connectivity index (χ4v) is 1.06. The highest BCUT2D eigenvalue weighted by Crippen LogP contribution is 2.19. The fourth-order valence-electron chi connectivity index (χ4n) is 1.06. The van der Waals surface area contributed by atoms with Gasteiger partial charge in [-0.15, -0.1) is 0 Å².